The molecular formula is C17H25ClN2O3. The van der Waals surface area contributed by atoms with Gasteiger partial charge in [-0.3, -0.25) is 9.59 Å². The van der Waals surface area contributed by atoms with Crippen LogP contribution in [-0.4, -0.2) is 32.1 Å². The van der Waals surface area contributed by atoms with E-state index >= 15 is 0 Å². The number of hydrogen-bond donors (Lipinski definition) is 2. The van der Waals surface area contributed by atoms with Crippen LogP contribution in [-0.2, 0) is 14.3 Å². The fourth-order valence-electron chi connectivity index (χ4n) is 2.09. The van der Waals surface area contributed by atoms with E-state index in [1.54, 1.807) is 27.0 Å². The number of methoxy groups -OCH3 is 1. The van der Waals surface area contributed by atoms with Crippen molar-refractivity contribution < 1.29 is 14.3 Å². The minimum absolute atomic E-state index is 0.327. The molecule has 0 bridgehead atoms. The highest BCUT2D eigenvalue weighted by Gasteiger charge is 2.36. The van der Waals surface area contributed by atoms with E-state index in [0.717, 1.165) is 11.1 Å². The zero-order valence-electron chi connectivity index (χ0n) is 14.4. The van der Waals surface area contributed by atoms with Crippen molar-refractivity contribution in [2.24, 2.45) is 5.41 Å². The first-order valence-electron chi connectivity index (χ1n) is 7.55. The summed E-state index contributed by atoms with van der Waals surface area (Å²) >= 11 is 6.20. The molecule has 0 aliphatic rings. The number of carbonyl (C=O) groups is 2. The highest BCUT2D eigenvalue weighted by molar-refractivity contribution is 6.34. The average Bonchev–Trinajstić information content (AvgIpc) is 2.46. The largest absolute Gasteiger partial charge is 0.385 e. The standard InChI is InChI=1S/C17H25ClN2O3/c1-11-9-12(2)14(13(18)10-11)20-16(22)17(3,4)15(21)19-7-6-8-23-5/h9-10H,6-8H2,1-5H3,(H,19,21)(H,20,22). The minimum Gasteiger partial charge on any atom is -0.385 e. The highest BCUT2D eigenvalue weighted by atomic mass is 35.5. The zero-order chi connectivity index (χ0) is 17.6. The quantitative estimate of drug-likeness (QED) is 0.592. The van der Waals surface area contributed by atoms with E-state index in [0.29, 0.717) is 30.3 Å². The predicted molar refractivity (Wildman–Crippen MR) is 92.8 cm³/mol. The Kier molecular flexibility index (Phi) is 7.03. The number of halogens is 1. The molecule has 0 radical (unpaired) electrons. The van der Waals surface area contributed by atoms with E-state index in [4.69, 9.17) is 16.3 Å². The third-order valence-corrected chi connectivity index (χ3v) is 3.91. The second-order valence-electron chi connectivity index (χ2n) is 6.12. The summed E-state index contributed by atoms with van der Waals surface area (Å²) in [5.41, 5.74) is 1.22. The molecule has 6 heteroatoms. The number of aryl methyl sites for hydroxylation is 2. The average molecular weight is 341 g/mol. The molecule has 0 heterocycles. The van der Waals surface area contributed by atoms with Crippen LogP contribution in [0, 0.1) is 19.3 Å². The van der Waals surface area contributed by atoms with Crippen LogP contribution in [0.1, 0.15) is 31.4 Å². The maximum Gasteiger partial charge on any atom is 0.239 e. The van der Waals surface area contributed by atoms with Crippen molar-refractivity contribution in [1.29, 1.82) is 0 Å². The van der Waals surface area contributed by atoms with Gasteiger partial charge in [0.2, 0.25) is 11.8 Å². The molecule has 0 atom stereocenters. The van der Waals surface area contributed by atoms with Crippen LogP contribution in [0.15, 0.2) is 12.1 Å². The third kappa shape index (κ3) is 5.22. The van der Waals surface area contributed by atoms with Gasteiger partial charge in [0.05, 0.1) is 10.7 Å². The van der Waals surface area contributed by atoms with Gasteiger partial charge in [-0.25, -0.2) is 0 Å². The summed E-state index contributed by atoms with van der Waals surface area (Å²) in [4.78, 5) is 24.7. The Morgan fingerprint density at radius 3 is 2.43 bits per heavy atom. The van der Waals surface area contributed by atoms with E-state index in [2.05, 4.69) is 10.6 Å². The Morgan fingerprint density at radius 1 is 1.22 bits per heavy atom. The molecule has 0 spiro atoms. The van der Waals surface area contributed by atoms with Crippen LogP contribution < -0.4 is 10.6 Å². The molecule has 0 saturated carbocycles. The van der Waals surface area contributed by atoms with Gasteiger partial charge >= 0.3 is 0 Å². The Bertz CT molecular complexity index is 562. The fraction of sp³-hybridized carbons (Fsp3) is 0.529. The van der Waals surface area contributed by atoms with Crippen LogP contribution in [0.5, 0.6) is 0 Å². The summed E-state index contributed by atoms with van der Waals surface area (Å²) in [6.07, 6.45) is 0.697. The Hall–Kier alpha value is -1.59. The molecule has 0 fully saturated rings. The normalized spacial score (nSPS) is 11.2. The number of ether oxygens (including phenoxy) is 1. The number of benzene rings is 1. The molecule has 1 aromatic rings. The smallest absolute Gasteiger partial charge is 0.239 e. The first-order chi connectivity index (χ1) is 10.7. The first-order valence-corrected chi connectivity index (χ1v) is 7.93. The van der Waals surface area contributed by atoms with E-state index in [-0.39, 0.29) is 5.91 Å². The van der Waals surface area contributed by atoms with Gasteiger partial charge < -0.3 is 15.4 Å². The summed E-state index contributed by atoms with van der Waals surface area (Å²) in [7, 11) is 1.60. The van der Waals surface area contributed by atoms with E-state index in [1.807, 2.05) is 19.9 Å². The lowest BCUT2D eigenvalue weighted by Gasteiger charge is -2.23. The molecular weight excluding hydrogens is 316 g/mol. The van der Waals surface area contributed by atoms with Gasteiger partial charge in [-0.2, -0.15) is 0 Å². The number of carbonyl (C=O) groups excluding carboxylic acids is 2. The van der Waals surface area contributed by atoms with Crippen molar-refractivity contribution in [1.82, 2.24) is 5.32 Å². The number of amides is 2. The van der Waals surface area contributed by atoms with Gasteiger partial charge in [0.25, 0.3) is 0 Å². The van der Waals surface area contributed by atoms with Gasteiger partial charge in [-0.1, -0.05) is 17.7 Å². The van der Waals surface area contributed by atoms with Crippen LogP contribution in [0.25, 0.3) is 0 Å². The summed E-state index contributed by atoms with van der Waals surface area (Å²) < 4.78 is 4.93. The molecule has 128 valence electrons. The van der Waals surface area contributed by atoms with Crippen LogP contribution >= 0.6 is 11.6 Å². The number of rotatable bonds is 7. The first kappa shape index (κ1) is 19.5. The lowest BCUT2D eigenvalue weighted by Crippen LogP contribution is -2.45. The van der Waals surface area contributed by atoms with Crippen LogP contribution in [0.2, 0.25) is 5.02 Å². The zero-order valence-corrected chi connectivity index (χ0v) is 15.1. The molecule has 1 aromatic carbocycles. The van der Waals surface area contributed by atoms with Gasteiger partial charge in [0.15, 0.2) is 0 Å². The van der Waals surface area contributed by atoms with Crippen molar-refractivity contribution in [3.8, 4) is 0 Å². The highest BCUT2D eigenvalue weighted by Crippen LogP contribution is 2.29. The second-order valence-corrected chi connectivity index (χ2v) is 6.53. The predicted octanol–water partition coefficient (Wildman–Crippen LogP) is 3.07. The van der Waals surface area contributed by atoms with Gasteiger partial charge in [-0.05, 0) is 51.3 Å². The third-order valence-electron chi connectivity index (χ3n) is 3.62. The molecule has 0 saturated heterocycles. The molecule has 2 N–H and O–H groups in total. The van der Waals surface area contributed by atoms with Gasteiger partial charge in [0, 0.05) is 20.3 Å². The second kappa shape index (κ2) is 8.31. The van der Waals surface area contributed by atoms with Crippen molar-refractivity contribution in [2.45, 2.75) is 34.1 Å². The molecule has 5 nitrogen and oxygen atoms in total. The van der Waals surface area contributed by atoms with Crippen molar-refractivity contribution in [3.63, 3.8) is 0 Å². The maximum atomic E-state index is 12.5. The Morgan fingerprint density at radius 2 is 1.87 bits per heavy atom. The van der Waals surface area contributed by atoms with Gasteiger partial charge in [-0.15, -0.1) is 0 Å². The topological polar surface area (TPSA) is 67.4 Å². The minimum atomic E-state index is -1.20. The fourth-order valence-corrected chi connectivity index (χ4v) is 2.45. The SMILES string of the molecule is COCCCNC(=O)C(C)(C)C(=O)Nc1c(C)cc(C)cc1Cl. The molecule has 2 amide bonds. The van der Waals surface area contributed by atoms with E-state index < -0.39 is 11.3 Å². The van der Waals surface area contributed by atoms with Crippen molar-refractivity contribution in [2.75, 3.05) is 25.6 Å². The molecule has 0 unspecified atom stereocenters. The summed E-state index contributed by atoms with van der Waals surface area (Å²) in [5.74, 6) is -0.720. The van der Waals surface area contributed by atoms with Crippen molar-refractivity contribution in [3.05, 3.63) is 28.3 Å². The number of hydrogen-bond acceptors (Lipinski definition) is 3. The molecule has 0 aliphatic heterocycles. The van der Waals surface area contributed by atoms with Crippen molar-refractivity contribution >= 4 is 29.1 Å². The lowest BCUT2D eigenvalue weighted by atomic mass is 9.90. The molecule has 0 aliphatic carbocycles. The Balaban J connectivity index is 2.77. The van der Waals surface area contributed by atoms with Crippen LogP contribution in [0.3, 0.4) is 0 Å². The summed E-state index contributed by atoms with van der Waals surface area (Å²) in [5, 5.41) is 5.99. The molecule has 0 aromatic heterocycles. The van der Waals surface area contributed by atoms with E-state index in [1.165, 1.54) is 0 Å². The summed E-state index contributed by atoms with van der Waals surface area (Å²) in [6.45, 7) is 8.00. The molecule has 1 rings (SSSR count). The number of nitrogens with one attached hydrogen (secondary N) is 2. The summed E-state index contributed by atoms with van der Waals surface area (Å²) in [6, 6.07) is 3.71. The monoisotopic (exact) mass is 340 g/mol. The number of anilines is 1. The maximum absolute atomic E-state index is 12.5. The Labute approximate surface area is 142 Å². The molecule has 23 heavy (non-hydrogen) atoms. The van der Waals surface area contributed by atoms with Crippen LogP contribution in [0.4, 0.5) is 5.69 Å². The van der Waals surface area contributed by atoms with Gasteiger partial charge in [0.1, 0.15) is 5.41 Å². The lowest BCUT2D eigenvalue weighted by molar-refractivity contribution is -0.138. The van der Waals surface area contributed by atoms with E-state index in [9.17, 15) is 9.59 Å².